The van der Waals surface area contributed by atoms with Crippen molar-refractivity contribution in [3.05, 3.63) is 81.7 Å². The summed E-state index contributed by atoms with van der Waals surface area (Å²) < 4.78 is 12.8. The molecule has 0 bridgehead atoms. The van der Waals surface area contributed by atoms with Crippen molar-refractivity contribution < 1.29 is 14.3 Å². The van der Waals surface area contributed by atoms with Crippen molar-refractivity contribution in [1.29, 1.82) is 5.26 Å². The molecule has 32 heavy (non-hydrogen) atoms. The first-order valence-electron chi connectivity index (χ1n) is 10.4. The lowest BCUT2D eigenvalue weighted by Crippen LogP contribution is -2.23. The van der Waals surface area contributed by atoms with E-state index < -0.39 is 5.91 Å². The molecule has 6 nitrogen and oxygen atoms in total. The number of benzene rings is 2. The second-order valence-corrected chi connectivity index (χ2v) is 7.97. The van der Waals surface area contributed by atoms with E-state index in [0.29, 0.717) is 11.5 Å². The lowest BCUT2D eigenvalue weighted by Gasteiger charge is -2.12. The Bertz CT molecular complexity index is 1280. The van der Waals surface area contributed by atoms with Crippen LogP contribution in [-0.4, -0.2) is 17.3 Å². The molecule has 0 atom stereocenters. The lowest BCUT2D eigenvalue weighted by atomic mass is 10.1. The average molecular weight is 428 g/mol. The van der Waals surface area contributed by atoms with Crippen LogP contribution in [0, 0.1) is 39.0 Å². The Morgan fingerprint density at radius 2 is 1.84 bits per heavy atom. The molecule has 0 saturated heterocycles. The van der Waals surface area contributed by atoms with E-state index in [4.69, 9.17) is 9.47 Å². The zero-order valence-corrected chi connectivity index (χ0v) is 18.7. The number of hydrogen-bond acceptors (Lipinski definition) is 4. The van der Waals surface area contributed by atoms with Crippen molar-refractivity contribution >= 4 is 12.0 Å². The minimum atomic E-state index is -0.416. The number of nitriles is 1. The number of carbonyl (C=O) groups is 1. The molecule has 3 aromatic rings. The largest absolute Gasteiger partial charge is 0.454 e. The van der Waals surface area contributed by atoms with Crippen LogP contribution in [0.1, 0.15) is 33.6 Å². The third-order valence-corrected chi connectivity index (χ3v) is 5.77. The first kappa shape index (κ1) is 21.3. The topological polar surface area (TPSA) is 76.3 Å². The van der Waals surface area contributed by atoms with Gasteiger partial charge in [0.25, 0.3) is 5.91 Å². The van der Waals surface area contributed by atoms with Gasteiger partial charge in [-0.25, -0.2) is 0 Å². The molecule has 2 heterocycles. The Morgan fingerprint density at radius 1 is 1.06 bits per heavy atom. The number of nitrogens with zero attached hydrogens (tertiary/aromatic N) is 2. The molecule has 1 aromatic heterocycles. The summed E-state index contributed by atoms with van der Waals surface area (Å²) in [6, 6.07) is 15.9. The number of hydrogen-bond donors (Lipinski definition) is 1. The van der Waals surface area contributed by atoms with Gasteiger partial charge < -0.3 is 19.4 Å². The molecule has 0 aliphatic carbocycles. The van der Waals surface area contributed by atoms with Gasteiger partial charge in [0.1, 0.15) is 11.6 Å². The molecule has 6 heteroatoms. The summed E-state index contributed by atoms with van der Waals surface area (Å²) in [7, 11) is 0. The molecule has 4 rings (SSSR count). The minimum Gasteiger partial charge on any atom is -0.454 e. The maximum absolute atomic E-state index is 12.7. The maximum atomic E-state index is 12.7. The zero-order chi connectivity index (χ0) is 22.8. The second-order valence-electron chi connectivity index (χ2n) is 7.97. The van der Waals surface area contributed by atoms with Crippen molar-refractivity contribution in [2.75, 3.05) is 6.79 Å². The van der Waals surface area contributed by atoms with E-state index in [2.05, 4.69) is 41.9 Å². The highest BCUT2D eigenvalue weighted by atomic mass is 16.7. The van der Waals surface area contributed by atoms with Gasteiger partial charge in [-0.2, -0.15) is 5.26 Å². The van der Waals surface area contributed by atoms with Crippen LogP contribution in [0.5, 0.6) is 11.5 Å². The predicted molar refractivity (Wildman–Crippen MR) is 123 cm³/mol. The van der Waals surface area contributed by atoms with Crippen LogP contribution in [0.25, 0.3) is 11.8 Å². The molecule has 1 aliphatic rings. The Hall–Kier alpha value is -3.98. The van der Waals surface area contributed by atoms with Gasteiger partial charge in [-0.3, -0.25) is 4.79 Å². The highest BCUT2D eigenvalue weighted by Gasteiger charge is 2.16. The number of amides is 1. The Kier molecular flexibility index (Phi) is 5.74. The van der Waals surface area contributed by atoms with Crippen LogP contribution in [0.2, 0.25) is 0 Å². The summed E-state index contributed by atoms with van der Waals surface area (Å²) in [5, 5.41) is 12.4. The monoisotopic (exact) mass is 427 g/mol. The van der Waals surface area contributed by atoms with Gasteiger partial charge in [0.2, 0.25) is 6.79 Å². The number of rotatable bonds is 5. The average Bonchev–Trinajstić information content (AvgIpc) is 3.35. The summed E-state index contributed by atoms with van der Waals surface area (Å²) in [6.45, 7) is 8.68. The summed E-state index contributed by atoms with van der Waals surface area (Å²) in [5.41, 5.74) is 7.30. The molecule has 0 unspecified atom stereocenters. The van der Waals surface area contributed by atoms with E-state index in [1.165, 1.54) is 11.1 Å². The van der Waals surface area contributed by atoms with Crippen LogP contribution in [-0.2, 0) is 11.3 Å². The van der Waals surface area contributed by atoms with Crippen molar-refractivity contribution in [1.82, 2.24) is 9.88 Å². The molecule has 162 valence electrons. The lowest BCUT2D eigenvalue weighted by molar-refractivity contribution is -0.117. The molecular weight excluding hydrogens is 402 g/mol. The summed E-state index contributed by atoms with van der Waals surface area (Å²) in [5.74, 6) is 0.935. The van der Waals surface area contributed by atoms with Crippen molar-refractivity contribution in [2.45, 2.75) is 34.2 Å². The summed E-state index contributed by atoms with van der Waals surface area (Å²) >= 11 is 0. The van der Waals surface area contributed by atoms with Gasteiger partial charge in [-0.15, -0.1) is 0 Å². The van der Waals surface area contributed by atoms with E-state index in [-0.39, 0.29) is 18.9 Å². The van der Waals surface area contributed by atoms with Gasteiger partial charge in [-0.1, -0.05) is 12.1 Å². The third-order valence-electron chi connectivity index (χ3n) is 5.77. The van der Waals surface area contributed by atoms with Gasteiger partial charge in [0, 0.05) is 23.6 Å². The Morgan fingerprint density at radius 3 is 2.59 bits per heavy atom. The number of aromatic nitrogens is 1. The number of fused-ring (bicyclic) bond motifs is 1. The zero-order valence-electron chi connectivity index (χ0n) is 18.7. The molecule has 0 saturated carbocycles. The fourth-order valence-corrected chi connectivity index (χ4v) is 3.83. The van der Waals surface area contributed by atoms with Crippen molar-refractivity contribution in [3.8, 4) is 23.3 Å². The first-order valence-corrected chi connectivity index (χ1v) is 10.4. The Labute approximate surface area is 187 Å². The van der Waals surface area contributed by atoms with Crippen molar-refractivity contribution in [2.24, 2.45) is 0 Å². The number of aryl methyl sites for hydroxylation is 3. The second kappa shape index (κ2) is 8.64. The standard InChI is InChI=1S/C26H25N3O3/c1-16-5-7-23(9-17(16)2)29-18(3)10-21(19(29)4)12-22(13-27)26(30)28-14-20-6-8-24-25(11-20)32-15-31-24/h5-12H,14-15H2,1-4H3,(H,28,30)/b22-12+. The first-order chi connectivity index (χ1) is 15.4. The smallest absolute Gasteiger partial charge is 0.262 e. The Balaban J connectivity index is 1.54. The summed E-state index contributed by atoms with van der Waals surface area (Å²) in [6.07, 6.45) is 1.65. The third kappa shape index (κ3) is 4.10. The van der Waals surface area contributed by atoms with Crippen LogP contribution < -0.4 is 14.8 Å². The quantitative estimate of drug-likeness (QED) is 0.474. The van der Waals surface area contributed by atoms with E-state index in [1.807, 2.05) is 44.2 Å². The van der Waals surface area contributed by atoms with Gasteiger partial charge in [0.15, 0.2) is 11.5 Å². The molecule has 0 spiro atoms. The van der Waals surface area contributed by atoms with Gasteiger partial charge >= 0.3 is 0 Å². The van der Waals surface area contributed by atoms with E-state index in [0.717, 1.165) is 28.2 Å². The number of carbonyl (C=O) groups excluding carboxylic acids is 1. The fraction of sp³-hybridized carbons (Fsp3) is 0.231. The summed E-state index contributed by atoms with van der Waals surface area (Å²) in [4.78, 5) is 12.7. The van der Waals surface area contributed by atoms with Crippen LogP contribution in [0.3, 0.4) is 0 Å². The molecule has 1 aliphatic heterocycles. The number of nitrogens with one attached hydrogen (secondary N) is 1. The van der Waals surface area contributed by atoms with Crippen LogP contribution in [0.4, 0.5) is 0 Å². The van der Waals surface area contributed by atoms with Crippen LogP contribution in [0.15, 0.2) is 48.0 Å². The molecule has 1 amide bonds. The van der Waals surface area contributed by atoms with Gasteiger partial charge in [0.05, 0.1) is 0 Å². The van der Waals surface area contributed by atoms with E-state index >= 15 is 0 Å². The van der Waals surface area contributed by atoms with Crippen molar-refractivity contribution in [3.63, 3.8) is 0 Å². The van der Waals surface area contributed by atoms with E-state index in [9.17, 15) is 10.1 Å². The normalized spacial score (nSPS) is 12.5. The fourth-order valence-electron chi connectivity index (χ4n) is 3.83. The SMILES string of the molecule is Cc1ccc(-n2c(C)cc(/C=C(\C#N)C(=O)NCc3ccc4c(c3)OCO4)c2C)cc1C. The van der Waals surface area contributed by atoms with Crippen LogP contribution >= 0.6 is 0 Å². The maximum Gasteiger partial charge on any atom is 0.262 e. The van der Waals surface area contributed by atoms with E-state index in [1.54, 1.807) is 6.08 Å². The molecule has 2 aromatic carbocycles. The molecular formula is C26H25N3O3. The highest BCUT2D eigenvalue weighted by Crippen LogP contribution is 2.32. The molecule has 1 N–H and O–H groups in total. The minimum absolute atomic E-state index is 0.0612. The number of ether oxygens (including phenoxy) is 2. The predicted octanol–water partition coefficient (Wildman–Crippen LogP) is 4.66. The highest BCUT2D eigenvalue weighted by molar-refractivity contribution is 6.01. The van der Waals surface area contributed by atoms with Gasteiger partial charge in [-0.05, 0) is 86.4 Å². The molecule has 0 fully saturated rings. The molecule has 0 radical (unpaired) electrons.